The third-order valence-corrected chi connectivity index (χ3v) is 4.64. The van der Waals surface area contributed by atoms with Gasteiger partial charge in [-0.15, -0.1) is 11.6 Å². The van der Waals surface area contributed by atoms with Gasteiger partial charge in [0, 0.05) is 36.1 Å². The highest BCUT2D eigenvalue weighted by Gasteiger charge is 2.18. The number of nitrogens with zero attached hydrogens (tertiary/aromatic N) is 2. The third kappa shape index (κ3) is 4.71. The van der Waals surface area contributed by atoms with Gasteiger partial charge in [-0.1, -0.05) is 18.2 Å². The first-order chi connectivity index (χ1) is 11.9. The summed E-state index contributed by atoms with van der Waals surface area (Å²) in [6, 6.07) is 8.33. The van der Waals surface area contributed by atoms with Crippen molar-refractivity contribution in [2.45, 2.75) is 52.2 Å². The highest BCUT2D eigenvalue weighted by molar-refractivity contribution is 6.17. The van der Waals surface area contributed by atoms with Gasteiger partial charge in [0.1, 0.15) is 5.82 Å². The van der Waals surface area contributed by atoms with Gasteiger partial charge in [0.2, 0.25) is 5.88 Å². The molecule has 0 atom stereocenters. The number of rotatable bonds is 7. The molecule has 0 fully saturated rings. The monoisotopic (exact) mass is 364 g/mol. The number of hydrogen-bond acceptors (Lipinski definition) is 3. The van der Waals surface area contributed by atoms with E-state index < -0.39 is 0 Å². The van der Waals surface area contributed by atoms with Crippen molar-refractivity contribution in [2.24, 2.45) is 0 Å². The molecule has 0 amide bonds. The highest BCUT2D eigenvalue weighted by atomic mass is 35.5. The predicted molar refractivity (Wildman–Crippen MR) is 102 cm³/mol. The van der Waals surface area contributed by atoms with E-state index in [9.17, 15) is 4.39 Å². The Labute approximate surface area is 154 Å². The number of alkyl halides is 1. The van der Waals surface area contributed by atoms with Gasteiger partial charge in [-0.2, -0.15) is 0 Å². The average molecular weight is 365 g/mol. The molecule has 2 aromatic rings. The number of benzene rings is 1. The minimum atomic E-state index is -0.360. The first-order valence-corrected chi connectivity index (χ1v) is 9.04. The second kappa shape index (κ2) is 8.63. The van der Waals surface area contributed by atoms with E-state index in [1.54, 1.807) is 6.07 Å². The maximum absolute atomic E-state index is 14.5. The molecule has 2 rings (SSSR count). The summed E-state index contributed by atoms with van der Waals surface area (Å²) < 4.78 is 19.6. The fourth-order valence-corrected chi connectivity index (χ4v) is 3.19. The molecule has 1 heterocycles. The second-order valence-corrected chi connectivity index (χ2v) is 6.96. The van der Waals surface area contributed by atoms with Gasteiger partial charge in [0.25, 0.3) is 0 Å². The van der Waals surface area contributed by atoms with Crippen LogP contribution in [0.25, 0.3) is 11.1 Å². The van der Waals surface area contributed by atoms with E-state index in [1.165, 1.54) is 13.3 Å². The Bertz CT molecular complexity index is 711. The van der Waals surface area contributed by atoms with Crippen LogP contribution in [0.5, 0.6) is 5.88 Å². The smallest absolute Gasteiger partial charge is 0.213 e. The molecule has 0 bridgehead atoms. The van der Waals surface area contributed by atoms with Crippen LogP contribution < -0.4 is 4.74 Å². The normalized spacial score (nSPS) is 11.6. The van der Waals surface area contributed by atoms with E-state index in [0.717, 1.165) is 23.2 Å². The summed E-state index contributed by atoms with van der Waals surface area (Å²) in [6.07, 6.45) is 1.20. The molecule has 1 aromatic carbocycles. The molecule has 0 aliphatic rings. The highest BCUT2D eigenvalue weighted by Crippen LogP contribution is 2.31. The SMILES string of the molecule is COc1cc(-c2ccc(CCl)cc2CN(C(C)C)C(C)C)c(F)cn1. The van der Waals surface area contributed by atoms with E-state index in [-0.39, 0.29) is 5.82 Å². The molecule has 5 heteroatoms. The lowest BCUT2D eigenvalue weighted by Crippen LogP contribution is -2.36. The molecule has 0 saturated heterocycles. The minimum absolute atomic E-state index is 0.360. The molecular weight excluding hydrogens is 339 g/mol. The van der Waals surface area contributed by atoms with Crippen LogP contribution in [0, 0.1) is 5.82 Å². The van der Waals surface area contributed by atoms with Gasteiger partial charge in [-0.25, -0.2) is 9.37 Å². The van der Waals surface area contributed by atoms with Crippen molar-refractivity contribution in [3.63, 3.8) is 0 Å². The lowest BCUT2D eigenvalue weighted by Gasteiger charge is -2.31. The van der Waals surface area contributed by atoms with Crippen LogP contribution in [0.2, 0.25) is 0 Å². The number of halogens is 2. The van der Waals surface area contributed by atoms with E-state index in [2.05, 4.69) is 43.6 Å². The Hall–Kier alpha value is -1.65. The summed E-state index contributed by atoms with van der Waals surface area (Å²) in [5, 5.41) is 0. The van der Waals surface area contributed by atoms with E-state index in [0.29, 0.717) is 29.4 Å². The van der Waals surface area contributed by atoms with Gasteiger partial charge in [0.15, 0.2) is 0 Å². The van der Waals surface area contributed by atoms with Crippen LogP contribution in [-0.4, -0.2) is 29.1 Å². The van der Waals surface area contributed by atoms with Crippen molar-refractivity contribution in [3.05, 3.63) is 47.4 Å². The van der Waals surface area contributed by atoms with E-state index >= 15 is 0 Å². The first-order valence-electron chi connectivity index (χ1n) is 8.50. The lowest BCUT2D eigenvalue weighted by atomic mass is 9.97. The Morgan fingerprint density at radius 3 is 2.36 bits per heavy atom. The van der Waals surface area contributed by atoms with Gasteiger partial charge in [-0.3, -0.25) is 4.90 Å². The molecule has 0 saturated carbocycles. The number of pyridine rings is 1. The molecule has 0 unspecified atom stereocenters. The number of hydrogen-bond donors (Lipinski definition) is 0. The van der Waals surface area contributed by atoms with Crippen LogP contribution in [0.1, 0.15) is 38.8 Å². The molecule has 136 valence electrons. The number of ether oxygens (including phenoxy) is 1. The van der Waals surface area contributed by atoms with Crippen molar-refractivity contribution < 1.29 is 9.13 Å². The molecule has 0 aliphatic carbocycles. The Morgan fingerprint density at radius 1 is 1.12 bits per heavy atom. The van der Waals surface area contributed by atoms with Crippen molar-refractivity contribution in [1.82, 2.24) is 9.88 Å². The molecule has 0 radical (unpaired) electrons. The van der Waals surface area contributed by atoms with Gasteiger partial charge in [0.05, 0.1) is 13.3 Å². The Kier molecular flexibility index (Phi) is 6.79. The molecule has 0 spiro atoms. The molecule has 0 N–H and O–H groups in total. The van der Waals surface area contributed by atoms with Crippen molar-refractivity contribution in [1.29, 1.82) is 0 Å². The lowest BCUT2D eigenvalue weighted by molar-refractivity contribution is 0.166. The van der Waals surface area contributed by atoms with Gasteiger partial charge in [-0.05, 0) is 44.4 Å². The van der Waals surface area contributed by atoms with Crippen molar-refractivity contribution >= 4 is 11.6 Å². The number of aromatic nitrogens is 1. The summed E-state index contributed by atoms with van der Waals surface area (Å²) in [5.74, 6) is 0.466. The molecule has 1 aromatic heterocycles. The largest absolute Gasteiger partial charge is 0.481 e. The predicted octanol–water partition coefficient (Wildman–Crippen LogP) is 5.25. The average Bonchev–Trinajstić information content (AvgIpc) is 2.59. The Balaban J connectivity index is 2.55. The first kappa shape index (κ1) is 19.7. The fraction of sp³-hybridized carbons (Fsp3) is 0.450. The van der Waals surface area contributed by atoms with Gasteiger partial charge < -0.3 is 4.74 Å². The van der Waals surface area contributed by atoms with Crippen molar-refractivity contribution in [2.75, 3.05) is 7.11 Å². The minimum Gasteiger partial charge on any atom is -0.481 e. The van der Waals surface area contributed by atoms with Crippen LogP contribution in [0.3, 0.4) is 0 Å². The standard InChI is InChI=1S/C20H26ClFN2O/c1-13(2)24(14(3)4)12-16-8-15(10-21)6-7-17(16)18-9-20(25-5)23-11-19(18)22/h6-9,11,13-14H,10,12H2,1-5H3. The molecule has 0 aliphatic heterocycles. The summed E-state index contributed by atoms with van der Waals surface area (Å²) in [4.78, 5) is 6.30. The topological polar surface area (TPSA) is 25.4 Å². The molecule has 25 heavy (non-hydrogen) atoms. The van der Waals surface area contributed by atoms with Crippen LogP contribution in [-0.2, 0) is 12.4 Å². The van der Waals surface area contributed by atoms with E-state index in [4.69, 9.17) is 16.3 Å². The summed E-state index contributed by atoms with van der Waals surface area (Å²) in [5.41, 5.74) is 3.41. The second-order valence-electron chi connectivity index (χ2n) is 6.69. The van der Waals surface area contributed by atoms with Gasteiger partial charge >= 0.3 is 0 Å². The zero-order valence-corrected chi connectivity index (χ0v) is 16.3. The maximum Gasteiger partial charge on any atom is 0.213 e. The molecular formula is C20H26ClFN2O. The zero-order valence-electron chi connectivity index (χ0n) is 15.5. The summed E-state index contributed by atoms with van der Waals surface area (Å²) in [7, 11) is 1.53. The van der Waals surface area contributed by atoms with Crippen molar-refractivity contribution in [3.8, 4) is 17.0 Å². The summed E-state index contributed by atoms with van der Waals surface area (Å²) >= 11 is 6.02. The number of methoxy groups -OCH3 is 1. The fourth-order valence-electron chi connectivity index (χ4n) is 3.02. The maximum atomic E-state index is 14.5. The van der Waals surface area contributed by atoms with Crippen LogP contribution in [0.4, 0.5) is 4.39 Å². The summed E-state index contributed by atoms with van der Waals surface area (Å²) in [6.45, 7) is 9.39. The third-order valence-electron chi connectivity index (χ3n) is 4.33. The molecule has 3 nitrogen and oxygen atoms in total. The quantitative estimate of drug-likeness (QED) is 0.627. The van der Waals surface area contributed by atoms with E-state index in [1.807, 2.05) is 12.1 Å². The zero-order chi connectivity index (χ0) is 18.6. The Morgan fingerprint density at radius 2 is 1.80 bits per heavy atom. The van der Waals surface area contributed by atoms with Crippen LogP contribution >= 0.6 is 11.6 Å². The van der Waals surface area contributed by atoms with Crippen LogP contribution in [0.15, 0.2) is 30.5 Å².